The highest BCUT2D eigenvalue weighted by Gasteiger charge is 2.07. The number of benzene rings is 2. The Labute approximate surface area is 115 Å². The lowest BCUT2D eigenvalue weighted by Gasteiger charge is -2.09. The first kappa shape index (κ1) is 13.9. The van der Waals surface area contributed by atoms with Crippen LogP contribution < -0.4 is 10.1 Å². The molecule has 104 valence electrons. The Morgan fingerprint density at radius 1 is 1.30 bits per heavy atom. The van der Waals surface area contributed by atoms with Crippen LogP contribution in [0.2, 0.25) is 0 Å². The van der Waals surface area contributed by atoms with E-state index in [4.69, 9.17) is 4.74 Å². The van der Waals surface area contributed by atoms with E-state index >= 15 is 0 Å². The summed E-state index contributed by atoms with van der Waals surface area (Å²) in [7, 11) is 0. The molecule has 2 rings (SSSR count). The number of phenolic OH excluding ortho intramolecular Hbond substituents is 1. The summed E-state index contributed by atoms with van der Waals surface area (Å²) in [5.74, 6) is -0.607. The van der Waals surface area contributed by atoms with Crippen LogP contribution >= 0.6 is 0 Å². The minimum Gasteiger partial charge on any atom is -0.506 e. The first-order valence-corrected chi connectivity index (χ1v) is 6.02. The molecule has 1 amide bonds. The van der Waals surface area contributed by atoms with Crippen molar-refractivity contribution in [2.75, 3.05) is 11.9 Å². The third kappa shape index (κ3) is 3.71. The number of nitrogens with one attached hydrogen (secondary N) is 1. The zero-order valence-electron chi connectivity index (χ0n) is 10.9. The Morgan fingerprint density at radius 3 is 2.80 bits per heavy atom. The summed E-state index contributed by atoms with van der Waals surface area (Å²) in [4.78, 5) is 11.7. The maximum Gasteiger partial charge on any atom is 0.262 e. The van der Waals surface area contributed by atoms with Crippen molar-refractivity contribution in [2.45, 2.75) is 6.92 Å². The number of anilines is 1. The maximum atomic E-state index is 12.9. The van der Waals surface area contributed by atoms with Gasteiger partial charge in [0.2, 0.25) is 0 Å². The fourth-order valence-electron chi connectivity index (χ4n) is 1.64. The van der Waals surface area contributed by atoms with Gasteiger partial charge in [0.25, 0.3) is 5.91 Å². The van der Waals surface area contributed by atoms with Crippen molar-refractivity contribution in [1.82, 2.24) is 0 Å². The van der Waals surface area contributed by atoms with Gasteiger partial charge in [-0.1, -0.05) is 12.1 Å². The average Bonchev–Trinajstić information content (AvgIpc) is 2.40. The molecule has 0 aliphatic carbocycles. The number of halogens is 1. The number of hydrogen-bond acceptors (Lipinski definition) is 3. The second-order valence-electron chi connectivity index (χ2n) is 4.31. The number of carbonyl (C=O) groups is 1. The van der Waals surface area contributed by atoms with E-state index in [-0.39, 0.29) is 18.1 Å². The minimum atomic E-state index is -0.437. The minimum absolute atomic E-state index is 0.0101. The van der Waals surface area contributed by atoms with Crippen molar-refractivity contribution in [2.24, 2.45) is 0 Å². The smallest absolute Gasteiger partial charge is 0.262 e. The molecule has 2 N–H and O–H groups in total. The first-order chi connectivity index (χ1) is 9.54. The fraction of sp³-hybridized carbons (Fsp3) is 0.133. The molecule has 0 fully saturated rings. The largest absolute Gasteiger partial charge is 0.506 e. The zero-order chi connectivity index (χ0) is 14.5. The molecule has 0 atom stereocenters. The normalized spacial score (nSPS) is 10.1. The van der Waals surface area contributed by atoms with Crippen LogP contribution in [0.3, 0.4) is 0 Å². The quantitative estimate of drug-likeness (QED) is 0.843. The molecular weight excluding hydrogens is 261 g/mol. The van der Waals surface area contributed by atoms with E-state index < -0.39 is 11.7 Å². The molecule has 0 spiro atoms. The van der Waals surface area contributed by atoms with Crippen LogP contribution in [0.5, 0.6) is 11.5 Å². The molecule has 0 saturated heterocycles. The molecule has 20 heavy (non-hydrogen) atoms. The van der Waals surface area contributed by atoms with Gasteiger partial charge in [-0.2, -0.15) is 0 Å². The van der Waals surface area contributed by atoms with Crippen molar-refractivity contribution in [3.05, 3.63) is 53.8 Å². The Balaban J connectivity index is 1.92. The van der Waals surface area contributed by atoms with Gasteiger partial charge in [-0.25, -0.2) is 4.39 Å². The number of aromatic hydroxyl groups is 1. The summed E-state index contributed by atoms with van der Waals surface area (Å²) in [6.07, 6.45) is 0. The molecule has 0 aliphatic rings. The van der Waals surface area contributed by atoms with Crippen molar-refractivity contribution in [3.63, 3.8) is 0 Å². The molecule has 0 bridgehead atoms. The molecule has 0 aliphatic heterocycles. The van der Waals surface area contributed by atoms with E-state index in [0.29, 0.717) is 5.69 Å². The summed E-state index contributed by atoms with van der Waals surface area (Å²) in [6, 6.07) is 10.4. The van der Waals surface area contributed by atoms with Crippen molar-refractivity contribution >= 4 is 11.6 Å². The first-order valence-electron chi connectivity index (χ1n) is 6.02. The molecule has 0 saturated carbocycles. The fourth-order valence-corrected chi connectivity index (χ4v) is 1.64. The third-order valence-corrected chi connectivity index (χ3v) is 2.59. The SMILES string of the molecule is Cc1ccc(NC(=O)COc2cccc(F)c2)c(O)c1. The van der Waals surface area contributed by atoms with E-state index in [0.717, 1.165) is 5.56 Å². The predicted octanol–water partition coefficient (Wildman–Crippen LogP) is 2.86. The van der Waals surface area contributed by atoms with E-state index in [1.54, 1.807) is 24.3 Å². The van der Waals surface area contributed by atoms with Gasteiger partial charge in [0.05, 0.1) is 5.69 Å². The lowest BCUT2D eigenvalue weighted by molar-refractivity contribution is -0.118. The lowest BCUT2D eigenvalue weighted by atomic mass is 10.2. The second kappa shape index (κ2) is 6.06. The number of rotatable bonds is 4. The Hall–Kier alpha value is -2.56. The predicted molar refractivity (Wildman–Crippen MR) is 73.4 cm³/mol. The van der Waals surface area contributed by atoms with Gasteiger partial charge in [-0.15, -0.1) is 0 Å². The van der Waals surface area contributed by atoms with E-state index in [2.05, 4.69) is 5.32 Å². The number of phenols is 1. The number of amides is 1. The van der Waals surface area contributed by atoms with Crippen LogP contribution in [-0.2, 0) is 4.79 Å². The molecule has 2 aromatic rings. The summed E-state index contributed by atoms with van der Waals surface area (Å²) in [5, 5.41) is 12.2. The summed E-state index contributed by atoms with van der Waals surface area (Å²) in [5.41, 5.74) is 1.19. The number of carbonyl (C=O) groups excluding carboxylic acids is 1. The molecule has 0 unspecified atom stereocenters. The van der Waals surface area contributed by atoms with Crippen LogP contribution in [0, 0.1) is 12.7 Å². The number of ether oxygens (including phenoxy) is 1. The van der Waals surface area contributed by atoms with Gasteiger partial charge in [-0.05, 0) is 36.8 Å². The highest BCUT2D eigenvalue weighted by atomic mass is 19.1. The molecular formula is C15H14FNO3. The number of hydrogen-bond donors (Lipinski definition) is 2. The molecule has 0 radical (unpaired) electrons. The maximum absolute atomic E-state index is 12.9. The Morgan fingerprint density at radius 2 is 2.10 bits per heavy atom. The lowest BCUT2D eigenvalue weighted by Crippen LogP contribution is -2.20. The average molecular weight is 275 g/mol. The molecule has 4 nitrogen and oxygen atoms in total. The van der Waals surface area contributed by atoms with E-state index in [1.807, 2.05) is 6.92 Å². The van der Waals surface area contributed by atoms with Gasteiger partial charge in [-0.3, -0.25) is 4.79 Å². The van der Waals surface area contributed by atoms with Crippen molar-refractivity contribution < 1.29 is 19.0 Å². The molecule has 0 aromatic heterocycles. The molecule has 2 aromatic carbocycles. The Bertz CT molecular complexity index is 628. The van der Waals surface area contributed by atoms with Crippen LogP contribution in [0.15, 0.2) is 42.5 Å². The topological polar surface area (TPSA) is 58.6 Å². The standard InChI is InChI=1S/C15H14FNO3/c1-10-5-6-13(14(18)7-10)17-15(19)9-20-12-4-2-3-11(16)8-12/h2-8,18H,9H2,1H3,(H,17,19). The van der Waals surface area contributed by atoms with Crippen LogP contribution in [0.4, 0.5) is 10.1 Å². The van der Waals surface area contributed by atoms with E-state index in [9.17, 15) is 14.3 Å². The summed E-state index contributed by atoms with van der Waals surface area (Å²) >= 11 is 0. The van der Waals surface area contributed by atoms with Gasteiger partial charge in [0.1, 0.15) is 17.3 Å². The molecule has 0 heterocycles. The van der Waals surface area contributed by atoms with Crippen LogP contribution in [0.1, 0.15) is 5.56 Å². The van der Waals surface area contributed by atoms with Crippen molar-refractivity contribution in [3.8, 4) is 11.5 Å². The van der Waals surface area contributed by atoms with Crippen LogP contribution in [0.25, 0.3) is 0 Å². The number of aryl methyl sites for hydroxylation is 1. The Kier molecular flexibility index (Phi) is 4.20. The van der Waals surface area contributed by atoms with Crippen molar-refractivity contribution in [1.29, 1.82) is 0 Å². The monoisotopic (exact) mass is 275 g/mol. The molecule has 5 heteroatoms. The third-order valence-electron chi connectivity index (χ3n) is 2.59. The highest BCUT2D eigenvalue weighted by molar-refractivity contribution is 5.93. The highest BCUT2D eigenvalue weighted by Crippen LogP contribution is 2.23. The van der Waals surface area contributed by atoms with Gasteiger partial charge in [0.15, 0.2) is 6.61 Å². The summed E-state index contributed by atoms with van der Waals surface area (Å²) in [6.45, 7) is 1.56. The van der Waals surface area contributed by atoms with Gasteiger partial charge < -0.3 is 15.2 Å². The van der Waals surface area contributed by atoms with Crippen LogP contribution in [-0.4, -0.2) is 17.6 Å². The zero-order valence-corrected chi connectivity index (χ0v) is 10.9. The summed E-state index contributed by atoms with van der Waals surface area (Å²) < 4.78 is 18.1. The second-order valence-corrected chi connectivity index (χ2v) is 4.31. The van der Waals surface area contributed by atoms with Gasteiger partial charge >= 0.3 is 0 Å². The van der Waals surface area contributed by atoms with Gasteiger partial charge in [0, 0.05) is 6.07 Å². The van der Waals surface area contributed by atoms with E-state index in [1.165, 1.54) is 18.2 Å².